The Morgan fingerprint density at radius 1 is 0.643 bits per heavy atom. The van der Waals surface area contributed by atoms with Crippen LogP contribution in [0.4, 0.5) is 4.39 Å². The summed E-state index contributed by atoms with van der Waals surface area (Å²) in [5.74, 6) is -1.74. The van der Waals surface area contributed by atoms with Crippen LogP contribution in [0.15, 0.2) is 109 Å². The molecule has 0 bridgehead atoms. The highest BCUT2D eigenvalue weighted by Gasteiger charge is 2.16. The summed E-state index contributed by atoms with van der Waals surface area (Å²) in [6, 6.07) is 15.6. The van der Waals surface area contributed by atoms with Crippen LogP contribution in [-0.2, 0) is 20.8 Å². The molecule has 0 aliphatic heterocycles. The zero-order chi connectivity index (χ0) is 31.0. The largest absolute Gasteiger partial charge is 0.454 e. The smallest absolute Gasteiger partial charge is 0.338 e. The highest BCUT2D eigenvalue weighted by Crippen LogP contribution is 2.32. The average molecular weight is 571 g/mol. The van der Waals surface area contributed by atoms with E-state index in [1.807, 2.05) is 0 Å². The summed E-state index contributed by atoms with van der Waals surface area (Å²) in [6.07, 6.45) is 0.183. The first kappa shape index (κ1) is 31.3. The van der Waals surface area contributed by atoms with Gasteiger partial charge in [0.1, 0.15) is 11.5 Å². The maximum atomic E-state index is 14.8. The minimum atomic E-state index is -0.712. The summed E-state index contributed by atoms with van der Waals surface area (Å²) < 4.78 is 36.3. The number of rotatable bonds is 12. The van der Waals surface area contributed by atoms with Gasteiger partial charge < -0.3 is 18.9 Å². The van der Waals surface area contributed by atoms with Crippen LogP contribution in [0, 0.1) is 5.82 Å². The molecule has 0 fully saturated rings. The van der Waals surface area contributed by atoms with Crippen molar-refractivity contribution in [2.75, 3.05) is 0 Å². The molecule has 0 atom stereocenters. The second-order valence-electron chi connectivity index (χ2n) is 9.57. The summed E-state index contributed by atoms with van der Waals surface area (Å²) in [4.78, 5) is 36.2. The molecule has 3 aromatic rings. The lowest BCUT2D eigenvalue weighted by Crippen LogP contribution is -2.11. The number of aryl methyl sites for hydroxylation is 1. The van der Waals surface area contributed by atoms with Gasteiger partial charge in [0.2, 0.25) is 0 Å². The Balaban J connectivity index is 1.66. The molecule has 0 aromatic heterocycles. The predicted molar refractivity (Wildman–Crippen MR) is 158 cm³/mol. The third-order valence-corrected chi connectivity index (χ3v) is 5.79. The van der Waals surface area contributed by atoms with Crippen LogP contribution >= 0.6 is 0 Å². The van der Waals surface area contributed by atoms with Gasteiger partial charge in [-0.25, -0.2) is 14.0 Å². The molecule has 7 nitrogen and oxygen atoms in total. The SMILES string of the molecule is C=C(C)C(=C)Oc1cc(CCC(=O)Oc2ccc(-c3ccc(OC(=O)C(=C)C)cc3)cc2F)ccc1OC(=O)C(=C)C. The highest BCUT2D eigenvalue weighted by molar-refractivity contribution is 5.89. The number of esters is 3. The maximum Gasteiger partial charge on any atom is 0.338 e. The van der Waals surface area contributed by atoms with Crippen molar-refractivity contribution < 1.29 is 37.7 Å². The minimum absolute atomic E-state index is 0.0582. The van der Waals surface area contributed by atoms with Crippen molar-refractivity contribution in [3.05, 3.63) is 121 Å². The normalized spacial score (nSPS) is 10.3. The fourth-order valence-corrected chi connectivity index (χ4v) is 3.37. The van der Waals surface area contributed by atoms with E-state index in [1.54, 1.807) is 56.3 Å². The molecular weight excluding hydrogens is 539 g/mol. The molecule has 0 aliphatic carbocycles. The summed E-state index contributed by atoms with van der Waals surface area (Å²) in [7, 11) is 0. The zero-order valence-corrected chi connectivity index (χ0v) is 23.8. The van der Waals surface area contributed by atoms with Crippen molar-refractivity contribution in [3.63, 3.8) is 0 Å². The third kappa shape index (κ3) is 8.63. The molecule has 0 unspecified atom stereocenters. The van der Waals surface area contributed by atoms with E-state index in [-0.39, 0.29) is 47.0 Å². The topological polar surface area (TPSA) is 88.1 Å². The average Bonchev–Trinajstić information content (AvgIpc) is 2.94. The lowest BCUT2D eigenvalue weighted by Gasteiger charge is -2.14. The summed E-state index contributed by atoms with van der Waals surface area (Å²) in [5.41, 5.74) is 2.96. The summed E-state index contributed by atoms with van der Waals surface area (Å²) >= 11 is 0. The number of hydrogen-bond donors (Lipinski definition) is 0. The lowest BCUT2D eigenvalue weighted by molar-refractivity contribution is -0.134. The van der Waals surface area contributed by atoms with Crippen molar-refractivity contribution in [1.29, 1.82) is 0 Å². The van der Waals surface area contributed by atoms with Gasteiger partial charge in [-0.3, -0.25) is 4.79 Å². The van der Waals surface area contributed by atoms with Crippen LogP contribution in [0.2, 0.25) is 0 Å². The van der Waals surface area contributed by atoms with E-state index in [0.29, 0.717) is 28.0 Å². The Morgan fingerprint density at radius 3 is 1.83 bits per heavy atom. The highest BCUT2D eigenvalue weighted by atomic mass is 19.1. The van der Waals surface area contributed by atoms with Gasteiger partial charge in [-0.2, -0.15) is 0 Å². The summed E-state index contributed by atoms with van der Waals surface area (Å²) in [6.45, 7) is 19.5. The van der Waals surface area contributed by atoms with E-state index in [1.165, 1.54) is 25.1 Å². The molecule has 0 heterocycles. The molecule has 0 saturated heterocycles. The van der Waals surface area contributed by atoms with E-state index >= 15 is 0 Å². The fraction of sp³-hybridized carbons (Fsp3) is 0.147. The molecule has 216 valence electrons. The Labute approximate surface area is 244 Å². The second-order valence-corrected chi connectivity index (χ2v) is 9.57. The first-order valence-electron chi connectivity index (χ1n) is 12.9. The van der Waals surface area contributed by atoms with Gasteiger partial charge in [-0.1, -0.05) is 50.6 Å². The van der Waals surface area contributed by atoms with Gasteiger partial charge in [0.25, 0.3) is 0 Å². The molecule has 3 aromatic carbocycles. The van der Waals surface area contributed by atoms with Crippen molar-refractivity contribution in [2.45, 2.75) is 33.6 Å². The molecular formula is C34H31FO7. The third-order valence-electron chi connectivity index (χ3n) is 5.79. The molecule has 0 N–H and O–H groups in total. The number of benzene rings is 3. The number of carbonyl (C=O) groups excluding carboxylic acids is 3. The van der Waals surface area contributed by atoms with Crippen molar-refractivity contribution in [3.8, 4) is 34.1 Å². The lowest BCUT2D eigenvalue weighted by atomic mass is 10.1. The predicted octanol–water partition coefficient (Wildman–Crippen LogP) is 7.46. The number of ether oxygens (including phenoxy) is 4. The minimum Gasteiger partial charge on any atom is -0.454 e. The van der Waals surface area contributed by atoms with Gasteiger partial charge in [0.05, 0.1) is 0 Å². The quantitative estimate of drug-likeness (QED) is 0.0734. The molecule has 3 rings (SSSR count). The number of hydrogen-bond acceptors (Lipinski definition) is 7. The first-order valence-corrected chi connectivity index (χ1v) is 12.9. The molecule has 8 heteroatoms. The number of halogens is 1. The molecule has 0 radical (unpaired) electrons. The van der Waals surface area contributed by atoms with Crippen LogP contribution < -0.4 is 18.9 Å². The summed E-state index contributed by atoms with van der Waals surface area (Å²) in [5, 5.41) is 0. The van der Waals surface area contributed by atoms with Gasteiger partial charge in [0, 0.05) is 17.6 Å². The Kier molecular flexibility index (Phi) is 10.4. The fourth-order valence-electron chi connectivity index (χ4n) is 3.37. The van der Waals surface area contributed by atoms with Gasteiger partial charge >= 0.3 is 17.9 Å². The Morgan fingerprint density at radius 2 is 1.24 bits per heavy atom. The van der Waals surface area contributed by atoms with Gasteiger partial charge in [-0.05, 0) is 85.9 Å². The number of allylic oxidation sites excluding steroid dienone is 1. The van der Waals surface area contributed by atoms with Crippen molar-refractivity contribution >= 4 is 17.9 Å². The van der Waals surface area contributed by atoms with Gasteiger partial charge in [0.15, 0.2) is 23.1 Å². The Hall–Kier alpha value is -5.24. The van der Waals surface area contributed by atoms with E-state index in [9.17, 15) is 18.8 Å². The standard InChI is InChI=1S/C34H31FO7/c1-20(2)23(7)39-31-18-24(8-15-30(31)42-34(38)22(5)6)9-17-32(36)41-29-16-12-26(19-28(29)35)25-10-13-27(14-11-25)40-33(37)21(3)4/h8,10-16,18-19H,1,3,5,7,9,17H2,2,4,6H3. The molecule has 42 heavy (non-hydrogen) atoms. The Bertz CT molecular complexity index is 1580. The molecule has 0 amide bonds. The van der Waals surface area contributed by atoms with Crippen LogP contribution in [0.1, 0.15) is 32.8 Å². The zero-order valence-electron chi connectivity index (χ0n) is 23.8. The maximum absolute atomic E-state index is 14.8. The molecule has 0 saturated carbocycles. The van der Waals surface area contributed by atoms with Crippen molar-refractivity contribution in [1.82, 2.24) is 0 Å². The molecule has 0 aliphatic rings. The van der Waals surface area contributed by atoms with Crippen molar-refractivity contribution in [2.24, 2.45) is 0 Å². The van der Waals surface area contributed by atoms with E-state index in [4.69, 9.17) is 18.9 Å². The van der Waals surface area contributed by atoms with Crippen LogP contribution in [0.5, 0.6) is 23.0 Å². The number of carbonyl (C=O) groups is 3. The van der Waals surface area contributed by atoms with Crippen LogP contribution in [0.3, 0.4) is 0 Å². The van der Waals surface area contributed by atoms with Crippen LogP contribution in [0.25, 0.3) is 11.1 Å². The van der Waals surface area contributed by atoms with Gasteiger partial charge in [-0.15, -0.1) is 0 Å². The monoisotopic (exact) mass is 570 g/mol. The van der Waals surface area contributed by atoms with E-state index in [2.05, 4.69) is 26.3 Å². The molecule has 0 spiro atoms. The van der Waals surface area contributed by atoms with E-state index < -0.39 is 23.7 Å². The first-order chi connectivity index (χ1) is 19.8. The van der Waals surface area contributed by atoms with E-state index in [0.717, 1.165) is 0 Å². The second kappa shape index (κ2) is 13.9. The van der Waals surface area contributed by atoms with Crippen LogP contribution in [-0.4, -0.2) is 17.9 Å².